The second-order valence-electron chi connectivity index (χ2n) is 5.59. The second-order valence-corrected chi connectivity index (χ2v) is 5.59. The summed E-state index contributed by atoms with van der Waals surface area (Å²) in [7, 11) is 0. The van der Waals surface area contributed by atoms with Crippen LogP contribution in [0.3, 0.4) is 0 Å². The zero-order chi connectivity index (χ0) is 16.4. The molecule has 6 nitrogen and oxygen atoms in total. The van der Waals surface area contributed by atoms with Crippen LogP contribution in [0, 0.1) is 0 Å². The number of primary amides is 1. The zero-order valence-electron chi connectivity index (χ0n) is 12.8. The van der Waals surface area contributed by atoms with Crippen LogP contribution in [0.5, 0.6) is 0 Å². The van der Waals surface area contributed by atoms with Crippen LogP contribution >= 0.6 is 0 Å². The van der Waals surface area contributed by atoms with Gasteiger partial charge in [-0.15, -0.1) is 0 Å². The van der Waals surface area contributed by atoms with Gasteiger partial charge in [-0.25, -0.2) is 0 Å². The second kappa shape index (κ2) is 6.26. The Kier molecular flexibility index (Phi) is 4.16. The van der Waals surface area contributed by atoms with Crippen molar-refractivity contribution in [2.75, 3.05) is 13.2 Å². The van der Waals surface area contributed by atoms with Gasteiger partial charge in [0, 0.05) is 12.6 Å². The van der Waals surface area contributed by atoms with E-state index in [9.17, 15) is 9.59 Å². The number of morpholine rings is 1. The number of rotatable bonds is 3. The molecule has 2 amide bonds. The van der Waals surface area contributed by atoms with Crippen LogP contribution in [0.4, 0.5) is 0 Å². The molecule has 2 heterocycles. The van der Waals surface area contributed by atoms with Gasteiger partial charge in [0.05, 0.1) is 24.3 Å². The molecule has 1 aliphatic rings. The van der Waals surface area contributed by atoms with E-state index in [1.807, 2.05) is 37.3 Å². The molecule has 0 spiro atoms. The van der Waals surface area contributed by atoms with Crippen molar-refractivity contribution >= 4 is 11.8 Å². The van der Waals surface area contributed by atoms with E-state index in [2.05, 4.69) is 0 Å². The lowest BCUT2D eigenvalue weighted by Crippen LogP contribution is -2.46. The lowest BCUT2D eigenvalue weighted by atomic mass is 10.0. The number of amides is 2. The third-order valence-corrected chi connectivity index (χ3v) is 3.90. The highest BCUT2D eigenvalue weighted by Gasteiger charge is 2.33. The number of hydrogen-bond donors (Lipinski definition) is 1. The third kappa shape index (κ3) is 3.12. The Hall–Kier alpha value is -2.60. The van der Waals surface area contributed by atoms with Gasteiger partial charge in [0.25, 0.3) is 11.8 Å². The summed E-state index contributed by atoms with van der Waals surface area (Å²) in [6, 6.07) is 10.9. The Morgan fingerprint density at radius 1 is 1.26 bits per heavy atom. The highest BCUT2D eigenvalue weighted by molar-refractivity contribution is 5.98. The Bertz CT molecular complexity index is 710. The number of furan rings is 1. The maximum atomic E-state index is 12.8. The van der Waals surface area contributed by atoms with Crippen molar-refractivity contribution in [3.05, 3.63) is 59.5 Å². The number of ether oxygens (including phenoxy) is 1. The minimum absolute atomic E-state index is 0.0223. The first kappa shape index (κ1) is 15.3. The highest BCUT2D eigenvalue weighted by atomic mass is 16.5. The molecule has 0 saturated carbocycles. The summed E-state index contributed by atoms with van der Waals surface area (Å²) >= 11 is 0. The van der Waals surface area contributed by atoms with E-state index in [1.54, 1.807) is 4.90 Å². The molecular weight excluding hydrogens is 296 g/mol. The molecule has 1 aliphatic heterocycles. The molecule has 120 valence electrons. The summed E-state index contributed by atoms with van der Waals surface area (Å²) in [6.45, 7) is 2.82. The molecule has 1 aromatic heterocycles. The van der Waals surface area contributed by atoms with Crippen LogP contribution in [0.15, 0.2) is 47.1 Å². The van der Waals surface area contributed by atoms with E-state index in [-0.39, 0.29) is 23.8 Å². The minimum Gasteiger partial charge on any atom is -0.458 e. The van der Waals surface area contributed by atoms with Crippen molar-refractivity contribution in [1.29, 1.82) is 0 Å². The molecule has 2 N–H and O–H groups in total. The Morgan fingerprint density at radius 2 is 2.00 bits per heavy atom. The van der Waals surface area contributed by atoms with E-state index in [0.717, 1.165) is 5.56 Å². The van der Waals surface area contributed by atoms with E-state index in [0.29, 0.717) is 18.7 Å². The molecule has 2 atom stereocenters. The quantitative estimate of drug-likeness (QED) is 0.938. The molecule has 1 saturated heterocycles. The van der Waals surface area contributed by atoms with E-state index in [1.165, 1.54) is 12.3 Å². The average Bonchev–Trinajstić information content (AvgIpc) is 3.05. The van der Waals surface area contributed by atoms with Crippen molar-refractivity contribution in [1.82, 2.24) is 4.90 Å². The van der Waals surface area contributed by atoms with Crippen LogP contribution in [0.25, 0.3) is 0 Å². The van der Waals surface area contributed by atoms with Crippen LogP contribution in [0.2, 0.25) is 0 Å². The molecule has 0 bridgehead atoms. The first-order valence-electron chi connectivity index (χ1n) is 7.42. The van der Waals surface area contributed by atoms with Gasteiger partial charge in [0.2, 0.25) is 0 Å². The van der Waals surface area contributed by atoms with Crippen LogP contribution in [-0.4, -0.2) is 36.0 Å². The molecule has 0 radical (unpaired) electrons. The predicted molar refractivity (Wildman–Crippen MR) is 82.9 cm³/mol. The standard InChI is InChI=1S/C17H18N2O4/c1-11-8-19(14(10-22-11)12-5-3-2-4-6-12)17(21)13-7-15(16(18)20)23-9-13/h2-7,9,11,14H,8,10H2,1H3,(H2,18,20)/t11-,14-/m1/s1. The lowest BCUT2D eigenvalue weighted by Gasteiger charge is -2.38. The number of nitrogens with zero attached hydrogens (tertiary/aromatic N) is 1. The molecule has 6 heteroatoms. The molecule has 1 aromatic carbocycles. The highest BCUT2D eigenvalue weighted by Crippen LogP contribution is 2.28. The summed E-state index contributed by atoms with van der Waals surface area (Å²) in [5, 5.41) is 0. The van der Waals surface area contributed by atoms with Gasteiger partial charge < -0.3 is 19.8 Å². The van der Waals surface area contributed by atoms with Crippen molar-refractivity contribution in [2.24, 2.45) is 5.73 Å². The average molecular weight is 314 g/mol. The Morgan fingerprint density at radius 3 is 2.65 bits per heavy atom. The van der Waals surface area contributed by atoms with Crippen LogP contribution in [0.1, 0.15) is 39.4 Å². The summed E-state index contributed by atoms with van der Waals surface area (Å²) < 4.78 is 10.8. The zero-order valence-corrected chi connectivity index (χ0v) is 12.8. The fourth-order valence-electron chi connectivity index (χ4n) is 2.72. The Labute approximate surface area is 133 Å². The third-order valence-electron chi connectivity index (χ3n) is 3.90. The largest absolute Gasteiger partial charge is 0.458 e. The fourth-order valence-corrected chi connectivity index (χ4v) is 2.72. The lowest BCUT2D eigenvalue weighted by molar-refractivity contribution is -0.0447. The van der Waals surface area contributed by atoms with Crippen LogP contribution < -0.4 is 5.73 Å². The number of benzene rings is 1. The van der Waals surface area contributed by atoms with E-state index >= 15 is 0 Å². The van der Waals surface area contributed by atoms with Gasteiger partial charge in [0.1, 0.15) is 6.26 Å². The molecule has 2 aromatic rings. The SMILES string of the molecule is C[C@@H]1CN(C(=O)c2coc(C(N)=O)c2)[C@@H](c2ccccc2)CO1. The van der Waals surface area contributed by atoms with Gasteiger partial charge in [-0.2, -0.15) is 0 Å². The van der Waals surface area contributed by atoms with Crippen molar-refractivity contribution in [3.63, 3.8) is 0 Å². The monoisotopic (exact) mass is 314 g/mol. The van der Waals surface area contributed by atoms with Crippen molar-refractivity contribution in [2.45, 2.75) is 19.1 Å². The number of carbonyl (C=O) groups excluding carboxylic acids is 2. The van der Waals surface area contributed by atoms with Gasteiger partial charge in [-0.3, -0.25) is 9.59 Å². The maximum absolute atomic E-state index is 12.8. The predicted octanol–water partition coefficient (Wildman–Crippen LogP) is 1.98. The van der Waals surface area contributed by atoms with Gasteiger partial charge in [0.15, 0.2) is 5.76 Å². The van der Waals surface area contributed by atoms with E-state index in [4.69, 9.17) is 14.9 Å². The summed E-state index contributed by atoms with van der Waals surface area (Å²) in [6.07, 6.45) is 1.21. The smallest absolute Gasteiger partial charge is 0.284 e. The Balaban J connectivity index is 1.89. The van der Waals surface area contributed by atoms with Gasteiger partial charge >= 0.3 is 0 Å². The summed E-state index contributed by atoms with van der Waals surface area (Å²) in [4.78, 5) is 25.7. The number of hydrogen-bond acceptors (Lipinski definition) is 4. The number of nitrogens with two attached hydrogens (primary N) is 1. The maximum Gasteiger partial charge on any atom is 0.284 e. The summed E-state index contributed by atoms with van der Waals surface area (Å²) in [5.41, 5.74) is 6.49. The first-order chi connectivity index (χ1) is 11.1. The molecule has 1 fully saturated rings. The molecule has 3 rings (SSSR count). The topological polar surface area (TPSA) is 85.8 Å². The van der Waals surface area contributed by atoms with Gasteiger partial charge in [-0.05, 0) is 12.5 Å². The number of carbonyl (C=O) groups is 2. The normalized spacial score (nSPS) is 21.2. The van der Waals surface area contributed by atoms with Crippen LogP contribution in [-0.2, 0) is 4.74 Å². The van der Waals surface area contributed by atoms with E-state index < -0.39 is 5.91 Å². The van der Waals surface area contributed by atoms with Gasteiger partial charge in [-0.1, -0.05) is 30.3 Å². The summed E-state index contributed by atoms with van der Waals surface area (Å²) in [5.74, 6) is -0.921. The first-order valence-corrected chi connectivity index (χ1v) is 7.42. The molecule has 0 unspecified atom stereocenters. The van der Waals surface area contributed by atoms with Crippen molar-refractivity contribution < 1.29 is 18.7 Å². The molecule has 0 aliphatic carbocycles. The molecular formula is C17H18N2O4. The van der Waals surface area contributed by atoms with Crippen molar-refractivity contribution in [3.8, 4) is 0 Å². The fraction of sp³-hybridized carbons (Fsp3) is 0.294. The minimum atomic E-state index is -0.695. The molecule has 23 heavy (non-hydrogen) atoms.